The smallest absolute Gasteiger partial charge is 0.329 e. The Kier molecular flexibility index (Phi) is 3.70. The van der Waals surface area contributed by atoms with Crippen molar-refractivity contribution in [2.24, 2.45) is 0 Å². The monoisotopic (exact) mass is 287 g/mol. The number of carbonyl (C=O) groups excluding carboxylic acids is 1. The Morgan fingerprint density at radius 1 is 1.24 bits per heavy atom. The maximum atomic E-state index is 12.3. The molecular formula is C17H21NO3. The van der Waals surface area contributed by atoms with Gasteiger partial charge in [-0.1, -0.05) is 24.3 Å². The number of hydrogen-bond donors (Lipinski definition) is 2. The van der Waals surface area contributed by atoms with E-state index in [-0.39, 0.29) is 11.8 Å². The van der Waals surface area contributed by atoms with Crippen LogP contribution in [0.25, 0.3) is 0 Å². The van der Waals surface area contributed by atoms with Crippen LogP contribution < -0.4 is 5.32 Å². The molecule has 0 radical (unpaired) electrons. The van der Waals surface area contributed by atoms with Gasteiger partial charge in [-0.25, -0.2) is 4.79 Å². The highest BCUT2D eigenvalue weighted by Crippen LogP contribution is 2.35. The predicted octanol–water partition coefficient (Wildman–Crippen LogP) is 2.62. The standard InChI is InChI=1S/C17H21NO3/c19-15(18-17(16(20)21)9-4-10-17)11-13-7-3-6-12-5-1-2-8-14(12)13/h1-2,5,8,13H,3-4,6-7,9-11H2,(H,18,19)(H,20,21). The Bertz CT molecular complexity index is 563. The first-order chi connectivity index (χ1) is 10.1. The summed E-state index contributed by atoms with van der Waals surface area (Å²) in [7, 11) is 0. The highest BCUT2D eigenvalue weighted by atomic mass is 16.4. The van der Waals surface area contributed by atoms with E-state index in [9.17, 15) is 14.7 Å². The number of fused-ring (bicyclic) bond motifs is 1. The molecule has 3 rings (SSSR count). The van der Waals surface area contributed by atoms with E-state index in [2.05, 4.69) is 17.4 Å². The second-order valence-electron chi connectivity index (χ2n) is 6.28. The average Bonchev–Trinajstić information content (AvgIpc) is 2.43. The largest absolute Gasteiger partial charge is 0.480 e. The topological polar surface area (TPSA) is 66.4 Å². The summed E-state index contributed by atoms with van der Waals surface area (Å²) in [5, 5.41) is 12.1. The van der Waals surface area contributed by atoms with Crippen molar-refractivity contribution < 1.29 is 14.7 Å². The van der Waals surface area contributed by atoms with Gasteiger partial charge in [0.1, 0.15) is 5.54 Å². The van der Waals surface area contributed by atoms with Crippen LogP contribution in [0.1, 0.15) is 55.6 Å². The molecule has 1 unspecified atom stereocenters. The van der Waals surface area contributed by atoms with Gasteiger partial charge < -0.3 is 10.4 Å². The molecule has 1 fully saturated rings. The fraction of sp³-hybridized carbons (Fsp3) is 0.529. The Labute approximate surface area is 124 Å². The van der Waals surface area contributed by atoms with E-state index < -0.39 is 11.5 Å². The molecule has 0 aliphatic heterocycles. The number of aliphatic carboxylic acids is 1. The van der Waals surface area contributed by atoms with E-state index in [0.29, 0.717) is 19.3 Å². The molecule has 1 aromatic carbocycles. The van der Waals surface area contributed by atoms with E-state index in [4.69, 9.17) is 0 Å². The minimum Gasteiger partial charge on any atom is -0.480 e. The van der Waals surface area contributed by atoms with Crippen LogP contribution in [0.3, 0.4) is 0 Å². The molecule has 0 bridgehead atoms. The molecule has 2 aliphatic carbocycles. The maximum absolute atomic E-state index is 12.3. The Hall–Kier alpha value is -1.84. The third-order valence-electron chi connectivity index (χ3n) is 4.92. The van der Waals surface area contributed by atoms with Crippen LogP contribution in [0, 0.1) is 0 Å². The summed E-state index contributed by atoms with van der Waals surface area (Å²) in [6.07, 6.45) is 5.55. The molecular weight excluding hydrogens is 266 g/mol. The first kappa shape index (κ1) is 14.1. The van der Waals surface area contributed by atoms with E-state index in [1.54, 1.807) is 0 Å². The molecule has 1 aromatic rings. The summed E-state index contributed by atoms with van der Waals surface area (Å²) >= 11 is 0. The zero-order chi connectivity index (χ0) is 14.9. The lowest BCUT2D eigenvalue weighted by Crippen LogP contribution is -2.59. The molecule has 112 valence electrons. The lowest BCUT2D eigenvalue weighted by molar-refractivity contribution is -0.151. The Morgan fingerprint density at radius 2 is 2.00 bits per heavy atom. The number of rotatable bonds is 4. The second-order valence-corrected chi connectivity index (χ2v) is 6.28. The maximum Gasteiger partial charge on any atom is 0.329 e. The number of hydrogen-bond acceptors (Lipinski definition) is 2. The van der Waals surface area contributed by atoms with Crippen molar-refractivity contribution in [2.45, 2.75) is 56.4 Å². The number of carboxylic acid groups (broad SMARTS) is 1. The lowest BCUT2D eigenvalue weighted by Gasteiger charge is -2.38. The number of aryl methyl sites for hydroxylation is 1. The summed E-state index contributed by atoms with van der Waals surface area (Å²) < 4.78 is 0. The third kappa shape index (κ3) is 2.67. The summed E-state index contributed by atoms with van der Waals surface area (Å²) in [4.78, 5) is 23.6. The minimum atomic E-state index is -0.995. The zero-order valence-electron chi connectivity index (χ0n) is 12.1. The van der Waals surface area contributed by atoms with Gasteiger partial charge in [0, 0.05) is 6.42 Å². The highest BCUT2D eigenvalue weighted by molar-refractivity contribution is 5.88. The number of carboxylic acids is 1. The Morgan fingerprint density at radius 3 is 2.67 bits per heavy atom. The molecule has 21 heavy (non-hydrogen) atoms. The molecule has 1 atom stereocenters. The minimum absolute atomic E-state index is 0.126. The molecule has 0 aromatic heterocycles. The van der Waals surface area contributed by atoms with Gasteiger partial charge >= 0.3 is 5.97 Å². The van der Waals surface area contributed by atoms with E-state index in [1.165, 1.54) is 11.1 Å². The molecule has 0 heterocycles. The van der Waals surface area contributed by atoms with Crippen LogP contribution in [0.4, 0.5) is 0 Å². The van der Waals surface area contributed by atoms with Crippen LogP contribution in [0.15, 0.2) is 24.3 Å². The van der Waals surface area contributed by atoms with Gasteiger partial charge in [0.2, 0.25) is 5.91 Å². The van der Waals surface area contributed by atoms with Gasteiger partial charge in [0.25, 0.3) is 0 Å². The van der Waals surface area contributed by atoms with Gasteiger partial charge in [0.05, 0.1) is 0 Å². The zero-order valence-corrected chi connectivity index (χ0v) is 12.1. The van der Waals surface area contributed by atoms with Crippen molar-refractivity contribution in [1.82, 2.24) is 5.32 Å². The van der Waals surface area contributed by atoms with E-state index >= 15 is 0 Å². The SMILES string of the molecule is O=C(CC1CCCc2ccccc21)NC1(C(=O)O)CCC1. The fourth-order valence-corrected chi connectivity index (χ4v) is 3.53. The molecule has 2 aliphatic rings. The van der Waals surface area contributed by atoms with Crippen LogP contribution in [0.5, 0.6) is 0 Å². The average molecular weight is 287 g/mol. The van der Waals surface area contributed by atoms with Gasteiger partial charge in [-0.15, -0.1) is 0 Å². The molecule has 1 saturated carbocycles. The lowest BCUT2D eigenvalue weighted by atomic mass is 9.76. The number of nitrogens with one attached hydrogen (secondary N) is 1. The molecule has 0 saturated heterocycles. The van der Waals surface area contributed by atoms with E-state index in [1.807, 2.05) is 12.1 Å². The van der Waals surface area contributed by atoms with Crippen LogP contribution >= 0.6 is 0 Å². The summed E-state index contributed by atoms with van der Waals surface area (Å²) in [6.45, 7) is 0. The predicted molar refractivity (Wildman–Crippen MR) is 79.1 cm³/mol. The molecule has 4 heteroatoms. The highest BCUT2D eigenvalue weighted by Gasteiger charge is 2.45. The molecule has 1 amide bonds. The van der Waals surface area contributed by atoms with Gasteiger partial charge in [-0.2, -0.15) is 0 Å². The summed E-state index contributed by atoms with van der Waals surface area (Å²) in [5.74, 6) is -0.800. The van der Waals surface area contributed by atoms with Crippen LogP contribution in [0.2, 0.25) is 0 Å². The quantitative estimate of drug-likeness (QED) is 0.894. The van der Waals surface area contributed by atoms with Crippen molar-refractivity contribution in [2.75, 3.05) is 0 Å². The first-order valence-electron chi connectivity index (χ1n) is 7.73. The van der Waals surface area contributed by atoms with Gasteiger partial charge in [-0.3, -0.25) is 4.79 Å². The Balaban J connectivity index is 1.67. The number of amides is 1. The second kappa shape index (κ2) is 5.51. The molecule has 2 N–H and O–H groups in total. The normalized spacial score (nSPS) is 22.8. The summed E-state index contributed by atoms with van der Waals surface area (Å²) in [6, 6.07) is 8.28. The van der Waals surface area contributed by atoms with Crippen molar-refractivity contribution >= 4 is 11.9 Å². The van der Waals surface area contributed by atoms with Gasteiger partial charge in [-0.05, 0) is 55.6 Å². The van der Waals surface area contributed by atoms with Crippen molar-refractivity contribution in [3.63, 3.8) is 0 Å². The van der Waals surface area contributed by atoms with Crippen LogP contribution in [-0.2, 0) is 16.0 Å². The third-order valence-corrected chi connectivity index (χ3v) is 4.92. The van der Waals surface area contributed by atoms with Crippen molar-refractivity contribution in [1.29, 1.82) is 0 Å². The molecule has 4 nitrogen and oxygen atoms in total. The molecule has 0 spiro atoms. The van der Waals surface area contributed by atoms with Crippen molar-refractivity contribution in [3.8, 4) is 0 Å². The van der Waals surface area contributed by atoms with Crippen molar-refractivity contribution in [3.05, 3.63) is 35.4 Å². The summed E-state index contributed by atoms with van der Waals surface area (Å²) in [5.41, 5.74) is 1.60. The van der Waals surface area contributed by atoms with Crippen LogP contribution in [-0.4, -0.2) is 22.5 Å². The first-order valence-corrected chi connectivity index (χ1v) is 7.73. The van der Waals surface area contributed by atoms with E-state index in [0.717, 1.165) is 25.7 Å². The van der Waals surface area contributed by atoms with Gasteiger partial charge in [0.15, 0.2) is 0 Å². The number of benzene rings is 1. The number of carbonyl (C=O) groups is 2. The fourth-order valence-electron chi connectivity index (χ4n) is 3.53.